The number of ether oxygens (including phenoxy) is 2. The number of phosphoric acid groups is 1. The predicted molar refractivity (Wildman–Crippen MR) is 249 cm³/mol. The summed E-state index contributed by atoms with van der Waals surface area (Å²) in [4.78, 5) is 35.7. The van der Waals surface area contributed by atoms with Gasteiger partial charge >= 0.3 is 19.8 Å². The van der Waals surface area contributed by atoms with Gasteiger partial charge in [-0.05, 0) is 51.4 Å². The Labute approximate surface area is 380 Å². The Hall–Kier alpha value is -2.19. The normalized spacial score (nSPS) is 22.1. The lowest BCUT2D eigenvalue weighted by Gasteiger charge is -2.41. The lowest BCUT2D eigenvalue weighted by atomic mass is 9.85. The van der Waals surface area contributed by atoms with Crippen LogP contribution in [0.2, 0.25) is 0 Å². The zero-order valence-electron chi connectivity index (χ0n) is 38.9. The third kappa shape index (κ3) is 31.4. The molecule has 0 aromatic rings. The van der Waals surface area contributed by atoms with Gasteiger partial charge in [0.25, 0.3) is 0 Å². The SMILES string of the molecule is CCCCCCCCC/C=C/C/C=C/C/C=C/C/C=C/CCCC(=O)O[C@H](COC(=O)CCCCCCCCCCCCCCC)COP(=O)(O)OC1C(O)C(O)C(O)[C@@H](O)C1O. The van der Waals surface area contributed by atoms with E-state index in [9.17, 15) is 44.6 Å². The number of phosphoric ester groups is 1. The number of unbranched alkanes of at least 4 members (excludes halogenated alkanes) is 20. The summed E-state index contributed by atoms with van der Waals surface area (Å²) in [6.07, 6.45) is 33.2. The molecule has 6 N–H and O–H groups in total. The van der Waals surface area contributed by atoms with Gasteiger partial charge in [0.2, 0.25) is 0 Å². The third-order valence-corrected chi connectivity index (χ3v) is 12.2. The van der Waals surface area contributed by atoms with Gasteiger partial charge in [0.1, 0.15) is 43.2 Å². The van der Waals surface area contributed by atoms with E-state index >= 15 is 0 Å². The van der Waals surface area contributed by atoms with Gasteiger partial charge in [-0.15, -0.1) is 0 Å². The van der Waals surface area contributed by atoms with E-state index in [4.69, 9.17) is 18.5 Å². The minimum atomic E-state index is -5.13. The number of rotatable bonds is 40. The quantitative estimate of drug-likeness (QED) is 0.0147. The van der Waals surface area contributed by atoms with E-state index in [1.807, 2.05) is 12.2 Å². The van der Waals surface area contributed by atoms with E-state index in [1.54, 1.807) is 0 Å². The molecule has 1 aliphatic carbocycles. The minimum absolute atomic E-state index is 0.0215. The molecule has 63 heavy (non-hydrogen) atoms. The Balaban J connectivity index is 2.47. The van der Waals surface area contributed by atoms with Gasteiger partial charge in [0, 0.05) is 12.8 Å². The highest BCUT2D eigenvalue weighted by Gasteiger charge is 2.51. The molecule has 0 amide bonds. The van der Waals surface area contributed by atoms with Crippen molar-refractivity contribution in [2.24, 2.45) is 0 Å². The van der Waals surface area contributed by atoms with Crippen molar-refractivity contribution < 1.29 is 63.1 Å². The van der Waals surface area contributed by atoms with Crippen LogP contribution in [-0.2, 0) is 32.7 Å². The van der Waals surface area contributed by atoms with Crippen LogP contribution < -0.4 is 0 Å². The number of carbonyl (C=O) groups excluding carboxylic acids is 2. The summed E-state index contributed by atoms with van der Waals surface area (Å²) in [5, 5.41) is 50.2. The molecule has 8 atom stereocenters. The van der Waals surface area contributed by atoms with Crippen molar-refractivity contribution in [3.8, 4) is 0 Å². The molecule has 0 heterocycles. The van der Waals surface area contributed by atoms with Gasteiger partial charge in [-0.1, -0.05) is 178 Å². The second kappa shape index (κ2) is 39.0. The summed E-state index contributed by atoms with van der Waals surface area (Å²) >= 11 is 0. The van der Waals surface area contributed by atoms with E-state index in [0.29, 0.717) is 19.3 Å². The lowest BCUT2D eigenvalue weighted by molar-refractivity contribution is -0.220. The minimum Gasteiger partial charge on any atom is -0.462 e. The van der Waals surface area contributed by atoms with Crippen LogP contribution in [0.5, 0.6) is 0 Å². The Kier molecular flexibility index (Phi) is 36.4. The van der Waals surface area contributed by atoms with Crippen molar-refractivity contribution in [2.45, 2.75) is 236 Å². The fraction of sp³-hybridized carbons (Fsp3) is 0.796. The smallest absolute Gasteiger partial charge is 0.462 e. The maximum absolute atomic E-state index is 12.8. The van der Waals surface area contributed by atoms with E-state index in [-0.39, 0.29) is 12.8 Å². The van der Waals surface area contributed by atoms with Crippen LogP contribution in [0.4, 0.5) is 0 Å². The van der Waals surface area contributed by atoms with Crippen LogP contribution in [0.25, 0.3) is 0 Å². The first-order valence-corrected chi connectivity index (χ1v) is 25.9. The highest BCUT2D eigenvalue weighted by Crippen LogP contribution is 2.47. The zero-order chi connectivity index (χ0) is 46.4. The van der Waals surface area contributed by atoms with Crippen molar-refractivity contribution >= 4 is 19.8 Å². The van der Waals surface area contributed by atoms with Gasteiger partial charge < -0.3 is 39.9 Å². The standard InChI is InChI=1S/C49H87O13P/c1-3-5-7-9-11-13-15-17-18-19-20-21-22-23-24-26-28-30-32-34-36-38-43(51)61-41(40-60-63(57,58)62-49-47(55)45(53)44(52)46(54)48(49)56)39-59-42(50)37-35-33-31-29-27-25-16-14-12-10-8-6-4-2/h18-19,21-22,24,26,30,32,41,44-49,52-56H,3-17,20,23,25,27-29,31,33-40H2,1-2H3,(H,57,58)/b19-18+,22-21+,26-24+,32-30+/t41-,44?,45-,46?,47?,48?,49?/m1/s1. The van der Waals surface area contributed by atoms with Crippen LogP contribution in [-0.4, -0.2) is 98.3 Å². The Bertz CT molecular complexity index is 1290. The topological polar surface area (TPSA) is 210 Å². The average molecular weight is 915 g/mol. The molecule has 1 aliphatic rings. The molecule has 0 aromatic heterocycles. The highest BCUT2D eigenvalue weighted by atomic mass is 31.2. The van der Waals surface area contributed by atoms with Crippen molar-refractivity contribution in [3.05, 3.63) is 48.6 Å². The molecule has 0 aliphatic heterocycles. The fourth-order valence-electron chi connectivity index (χ4n) is 7.22. The molecule has 13 nitrogen and oxygen atoms in total. The third-order valence-electron chi connectivity index (χ3n) is 11.2. The molecule has 1 rings (SSSR count). The first-order chi connectivity index (χ1) is 30.4. The molecule has 6 unspecified atom stereocenters. The molecular weight excluding hydrogens is 828 g/mol. The van der Waals surface area contributed by atoms with E-state index in [2.05, 4.69) is 50.3 Å². The van der Waals surface area contributed by atoms with E-state index < -0.39 is 75.7 Å². The van der Waals surface area contributed by atoms with E-state index in [0.717, 1.165) is 44.9 Å². The van der Waals surface area contributed by atoms with Gasteiger partial charge in [0.15, 0.2) is 6.10 Å². The molecule has 0 aromatic carbocycles. The molecule has 14 heteroatoms. The number of aliphatic hydroxyl groups excluding tert-OH is 5. The highest BCUT2D eigenvalue weighted by molar-refractivity contribution is 7.47. The van der Waals surface area contributed by atoms with Gasteiger partial charge in [0.05, 0.1) is 6.61 Å². The second-order valence-electron chi connectivity index (χ2n) is 17.0. The van der Waals surface area contributed by atoms with E-state index in [1.165, 1.54) is 103 Å². The molecular formula is C49H87O13P. The summed E-state index contributed by atoms with van der Waals surface area (Å²) in [5.74, 6) is -1.16. The Morgan fingerprint density at radius 1 is 0.492 bits per heavy atom. The molecule has 0 bridgehead atoms. The van der Waals surface area contributed by atoms with Crippen LogP contribution in [0.1, 0.15) is 194 Å². The van der Waals surface area contributed by atoms with Crippen LogP contribution >= 0.6 is 7.82 Å². The molecule has 366 valence electrons. The summed E-state index contributed by atoms with van der Waals surface area (Å²) < 4.78 is 33.5. The maximum Gasteiger partial charge on any atom is 0.472 e. The maximum atomic E-state index is 12.8. The number of hydrogen-bond donors (Lipinski definition) is 6. The van der Waals surface area contributed by atoms with Crippen LogP contribution in [0.3, 0.4) is 0 Å². The number of esters is 2. The molecule has 1 saturated carbocycles. The van der Waals surface area contributed by atoms with Gasteiger partial charge in [-0.25, -0.2) is 4.57 Å². The number of hydrogen-bond acceptors (Lipinski definition) is 12. The van der Waals surface area contributed by atoms with Crippen LogP contribution in [0.15, 0.2) is 48.6 Å². The average Bonchev–Trinajstić information content (AvgIpc) is 3.26. The number of allylic oxidation sites excluding steroid dienone is 8. The molecule has 1 fully saturated rings. The second-order valence-corrected chi connectivity index (χ2v) is 18.4. The first-order valence-electron chi connectivity index (χ1n) is 24.4. The summed E-state index contributed by atoms with van der Waals surface area (Å²) in [6, 6.07) is 0. The molecule has 0 spiro atoms. The van der Waals surface area contributed by atoms with Crippen molar-refractivity contribution in [1.29, 1.82) is 0 Å². The van der Waals surface area contributed by atoms with Gasteiger partial charge in [-0.2, -0.15) is 0 Å². The monoisotopic (exact) mass is 915 g/mol. The zero-order valence-corrected chi connectivity index (χ0v) is 39.8. The predicted octanol–water partition coefficient (Wildman–Crippen LogP) is 9.95. The summed E-state index contributed by atoms with van der Waals surface area (Å²) in [7, 11) is -5.13. The van der Waals surface area contributed by atoms with Crippen molar-refractivity contribution in [3.63, 3.8) is 0 Å². The van der Waals surface area contributed by atoms with Crippen molar-refractivity contribution in [2.75, 3.05) is 13.2 Å². The van der Waals surface area contributed by atoms with Gasteiger partial charge in [-0.3, -0.25) is 18.6 Å². The fourth-order valence-corrected chi connectivity index (χ4v) is 8.19. The summed E-state index contributed by atoms with van der Waals surface area (Å²) in [5.41, 5.74) is 0. The first kappa shape index (κ1) is 58.8. The van der Waals surface area contributed by atoms with Crippen molar-refractivity contribution in [1.82, 2.24) is 0 Å². The lowest BCUT2D eigenvalue weighted by Crippen LogP contribution is -2.64. The molecule has 0 radical (unpaired) electrons. The number of carbonyl (C=O) groups is 2. The van der Waals surface area contributed by atoms with Crippen LogP contribution in [0, 0.1) is 0 Å². The largest absolute Gasteiger partial charge is 0.472 e. The Morgan fingerprint density at radius 3 is 1.35 bits per heavy atom. The molecule has 0 saturated heterocycles. The number of aliphatic hydroxyl groups is 5. The Morgan fingerprint density at radius 2 is 0.873 bits per heavy atom. The summed E-state index contributed by atoms with van der Waals surface area (Å²) in [6.45, 7) is 3.26.